The van der Waals surface area contributed by atoms with Crippen LogP contribution in [0.15, 0.2) is 0 Å². The van der Waals surface area contributed by atoms with Gasteiger partial charge in [0.15, 0.2) is 0 Å². The predicted molar refractivity (Wildman–Crippen MR) is 39.2 cm³/mol. The number of unbranched alkanes of at least 4 members (excludes halogenated alkanes) is 2. The maximum atomic E-state index is 4.75. The highest BCUT2D eigenvalue weighted by Crippen LogP contribution is 1.89. The lowest BCUT2D eigenvalue weighted by molar-refractivity contribution is 0.239. The Labute approximate surface area is 57.4 Å². The van der Waals surface area contributed by atoms with Crippen LogP contribution in [0, 0.1) is 11.8 Å². The summed E-state index contributed by atoms with van der Waals surface area (Å²) in [6.45, 7) is 2.74. The molecule has 0 radical (unpaired) electrons. The summed E-state index contributed by atoms with van der Waals surface area (Å²) in [6, 6.07) is 0. The molecule has 0 aromatic carbocycles. The molecule has 0 aliphatic carbocycles. The van der Waals surface area contributed by atoms with Gasteiger partial charge in [0.2, 0.25) is 0 Å². The smallest absolute Gasteiger partial charge is 0.107 e. The van der Waals surface area contributed by atoms with E-state index < -0.39 is 0 Å². The van der Waals surface area contributed by atoms with Crippen LogP contribution < -0.4 is 0 Å². The predicted octanol–water partition coefficient (Wildman–Crippen LogP) is 1.83. The Bertz CT molecular complexity index is 96.9. The Morgan fingerprint density at radius 1 is 1.33 bits per heavy atom. The first-order valence-electron chi connectivity index (χ1n) is 3.36. The van der Waals surface area contributed by atoms with E-state index in [9.17, 15) is 0 Å². The second-order valence-electron chi connectivity index (χ2n) is 1.89. The van der Waals surface area contributed by atoms with Crippen LogP contribution in [0.2, 0.25) is 0 Å². The highest BCUT2D eigenvalue weighted by Gasteiger charge is 1.74. The second-order valence-corrected chi connectivity index (χ2v) is 1.89. The summed E-state index contributed by atoms with van der Waals surface area (Å²) in [4.78, 5) is 0. The number of methoxy groups -OCH3 is 1. The summed E-state index contributed by atoms with van der Waals surface area (Å²) >= 11 is 0. The molecule has 0 fully saturated rings. The molecule has 0 saturated heterocycles. The van der Waals surface area contributed by atoms with Crippen molar-refractivity contribution in [3.63, 3.8) is 0 Å². The molecule has 0 spiro atoms. The normalized spacial score (nSPS) is 8.22. The lowest BCUT2D eigenvalue weighted by Gasteiger charge is -1.84. The fourth-order valence-electron chi connectivity index (χ4n) is 0.477. The Morgan fingerprint density at radius 3 is 2.67 bits per heavy atom. The molecule has 9 heavy (non-hydrogen) atoms. The van der Waals surface area contributed by atoms with Gasteiger partial charge in [-0.05, 0) is 6.42 Å². The third-order valence-electron chi connectivity index (χ3n) is 0.997. The average Bonchev–Trinajstić information content (AvgIpc) is 1.89. The zero-order valence-corrected chi connectivity index (χ0v) is 6.24. The quantitative estimate of drug-likeness (QED) is 0.414. The largest absolute Gasteiger partial charge is 0.372 e. The lowest BCUT2D eigenvalue weighted by Crippen LogP contribution is -1.80. The van der Waals surface area contributed by atoms with E-state index >= 15 is 0 Å². The molecular formula is C8H14O. The van der Waals surface area contributed by atoms with E-state index in [2.05, 4.69) is 18.8 Å². The van der Waals surface area contributed by atoms with Crippen molar-refractivity contribution in [2.24, 2.45) is 0 Å². The average molecular weight is 126 g/mol. The van der Waals surface area contributed by atoms with E-state index in [1.165, 1.54) is 12.8 Å². The molecule has 1 nitrogen and oxygen atoms in total. The molecule has 0 N–H and O–H groups in total. The SMILES string of the molecule is CCCCC#CCOC. The fourth-order valence-corrected chi connectivity index (χ4v) is 0.477. The molecule has 0 aromatic rings. The molecule has 1 heteroatoms. The van der Waals surface area contributed by atoms with E-state index in [1.54, 1.807) is 7.11 Å². The monoisotopic (exact) mass is 126 g/mol. The van der Waals surface area contributed by atoms with Crippen molar-refractivity contribution in [3.05, 3.63) is 0 Å². The van der Waals surface area contributed by atoms with Crippen molar-refractivity contribution in [1.82, 2.24) is 0 Å². The summed E-state index contributed by atoms with van der Waals surface area (Å²) < 4.78 is 4.75. The second kappa shape index (κ2) is 7.52. The minimum atomic E-state index is 0.573. The van der Waals surface area contributed by atoms with Crippen molar-refractivity contribution in [1.29, 1.82) is 0 Å². The van der Waals surface area contributed by atoms with Crippen molar-refractivity contribution in [2.75, 3.05) is 13.7 Å². The Balaban J connectivity index is 2.96. The molecule has 0 unspecified atom stereocenters. The minimum absolute atomic E-state index is 0.573. The molecule has 0 bridgehead atoms. The van der Waals surface area contributed by atoms with Gasteiger partial charge in [0, 0.05) is 13.5 Å². The zero-order chi connectivity index (χ0) is 6.95. The van der Waals surface area contributed by atoms with Crippen LogP contribution in [0.3, 0.4) is 0 Å². The van der Waals surface area contributed by atoms with Crippen LogP contribution in [-0.2, 0) is 4.74 Å². The molecule has 0 amide bonds. The molecule has 0 saturated carbocycles. The third kappa shape index (κ3) is 7.52. The van der Waals surface area contributed by atoms with Crippen LogP contribution in [0.1, 0.15) is 26.2 Å². The number of hydrogen-bond acceptors (Lipinski definition) is 1. The van der Waals surface area contributed by atoms with Gasteiger partial charge in [0.25, 0.3) is 0 Å². The van der Waals surface area contributed by atoms with Gasteiger partial charge in [0.1, 0.15) is 6.61 Å². The van der Waals surface area contributed by atoms with Crippen LogP contribution in [0.4, 0.5) is 0 Å². The first-order valence-corrected chi connectivity index (χ1v) is 3.36. The van der Waals surface area contributed by atoms with Crippen molar-refractivity contribution in [3.8, 4) is 11.8 Å². The molecule has 0 aromatic heterocycles. The van der Waals surface area contributed by atoms with E-state index in [1.807, 2.05) is 0 Å². The van der Waals surface area contributed by atoms with Gasteiger partial charge in [-0.15, -0.1) is 5.92 Å². The maximum Gasteiger partial charge on any atom is 0.107 e. The summed E-state index contributed by atoms with van der Waals surface area (Å²) in [5, 5.41) is 0. The van der Waals surface area contributed by atoms with Crippen molar-refractivity contribution >= 4 is 0 Å². The zero-order valence-electron chi connectivity index (χ0n) is 6.24. The van der Waals surface area contributed by atoms with Crippen molar-refractivity contribution in [2.45, 2.75) is 26.2 Å². The third-order valence-corrected chi connectivity index (χ3v) is 0.997. The van der Waals surface area contributed by atoms with Crippen LogP contribution >= 0.6 is 0 Å². The number of hydrogen-bond donors (Lipinski definition) is 0. The molecule has 52 valence electrons. The fraction of sp³-hybridized carbons (Fsp3) is 0.750. The first kappa shape index (κ1) is 8.52. The minimum Gasteiger partial charge on any atom is -0.372 e. The van der Waals surface area contributed by atoms with Gasteiger partial charge in [-0.2, -0.15) is 0 Å². The maximum absolute atomic E-state index is 4.75. The lowest BCUT2D eigenvalue weighted by atomic mass is 10.2. The van der Waals surface area contributed by atoms with Crippen LogP contribution in [-0.4, -0.2) is 13.7 Å². The van der Waals surface area contributed by atoms with Gasteiger partial charge in [-0.1, -0.05) is 19.3 Å². The van der Waals surface area contributed by atoms with Gasteiger partial charge >= 0.3 is 0 Å². The summed E-state index contributed by atoms with van der Waals surface area (Å²) in [6.07, 6.45) is 3.44. The summed E-state index contributed by atoms with van der Waals surface area (Å²) in [7, 11) is 1.66. The molecule has 0 rings (SSSR count). The first-order chi connectivity index (χ1) is 4.41. The molecule has 0 heterocycles. The van der Waals surface area contributed by atoms with E-state index in [4.69, 9.17) is 4.74 Å². The Kier molecular flexibility index (Phi) is 7.12. The number of ether oxygens (including phenoxy) is 1. The van der Waals surface area contributed by atoms with Gasteiger partial charge in [0.05, 0.1) is 0 Å². The van der Waals surface area contributed by atoms with E-state index in [-0.39, 0.29) is 0 Å². The summed E-state index contributed by atoms with van der Waals surface area (Å²) in [5.41, 5.74) is 0. The number of rotatable bonds is 3. The Hall–Kier alpha value is -0.480. The van der Waals surface area contributed by atoms with Crippen molar-refractivity contribution < 1.29 is 4.74 Å². The van der Waals surface area contributed by atoms with E-state index in [0.717, 1.165) is 6.42 Å². The topological polar surface area (TPSA) is 9.23 Å². The van der Waals surface area contributed by atoms with E-state index in [0.29, 0.717) is 6.61 Å². The molecule has 0 atom stereocenters. The van der Waals surface area contributed by atoms with Gasteiger partial charge in [-0.25, -0.2) is 0 Å². The molecular weight excluding hydrogens is 112 g/mol. The molecule has 0 aliphatic rings. The van der Waals surface area contributed by atoms with Gasteiger partial charge < -0.3 is 4.74 Å². The Morgan fingerprint density at radius 2 is 2.11 bits per heavy atom. The highest BCUT2D eigenvalue weighted by atomic mass is 16.5. The van der Waals surface area contributed by atoms with Crippen LogP contribution in [0.25, 0.3) is 0 Å². The summed E-state index contributed by atoms with van der Waals surface area (Å²) in [5.74, 6) is 5.91. The van der Waals surface area contributed by atoms with Gasteiger partial charge in [-0.3, -0.25) is 0 Å². The molecule has 0 aliphatic heterocycles. The standard InChI is InChI=1S/C8H14O/c1-3-4-5-6-7-8-9-2/h3-5,8H2,1-2H3. The van der Waals surface area contributed by atoms with Crippen LogP contribution in [0.5, 0.6) is 0 Å². The highest BCUT2D eigenvalue weighted by molar-refractivity contribution is 4.98.